The summed E-state index contributed by atoms with van der Waals surface area (Å²) in [5.41, 5.74) is 0. The Morgan fingerprint density at radius 1 is 1.21 bits per heavy atom. The molecular formula is C16H35N3. The Morgan fingerprint density at radius 3 is 2.37 bits per heavy atom. The fraction of sp³-hybridized carbons (Fsp3) is 1.00. The van der Waals surface area contributed by atoms with E-state index in [4.69, 9.17) is 0 Å². The van der Waals surface area contributed by atoms with E-state index in [0.717, 1.165) is 25.0 Å². The van der Waals surface area contributed by atoms with Gasteiger partial charge in [0.25, 0.3) is 0 Å². The van der Waals surface area contributed by atoms with E-state index in [1.807, 2.05) is 0 Å². The molecule has 0 bridgehead atoms. The van der Waals surface area contributed by atoms with Crippen molar-refractivity contribution in [3.8, 4) is 0 Å². The third kappa shape index (κ3) is 5.80. The highest BCUT2D eigenvalue weighted by Crippen LogP contribution is 2.18. The molecule has 0 amide bonds. The summed E-state index contributed by atoms with van der Waals surface area (Å²) in [7, 11) is 4.57. The van der Waals surface area contributed by atoms with Crippen molar-refractivity contribution in [1.82, 2.24) is 15.1 Å². The van der Waals surface area contributed by atoms with Gasteiger partial charge in [-0.25, -0.2) is 0 Å². The molecule has 0 aromatic heterocycles. The Hall–Kier alpha value is -0.120. The van der Waals surface area contributed by atoms with E-state index in [1.54, 1.807) is 0 Å². The highest BCUT2D eigenvalue weighted by atomic mass is 15.2. The van der Waals surface area contributed by atoms with E-state index in [-0.39, 0.29) is 0 Å². The van der Waals surface area contributed by atoms with Gasteiger partial charge in [-0.2, -0.15) is 0 Å². The second-order valence-electron chi connectivity index (χ2n) is 7.08. The van der Waals surface area contributed by atoms with Crippen LogP contribution in [0.1, 0.15) is 40.5 Å². The molecule has 2 atom stereocenters. The molecule has 0 aromatic carbocycles. The van der Waals surface area contributed by atoms with Gasteiger partial charge < -0.3 is 15.1 Å². The van der Waals surface area contributed by atoms with Crippen molar-refractivity contribution < 1.29 is 0 Å². The fourth-order valence-corrected chi connectivity index (χ4v) is 3.10. The summed E-state index contributed by atoms with van der Waals surface area (Å²) in [4.78, 5) is 5.10. The van der Waals surface area contributed by atoms with E-state index in [9.17, 15) is 0 Å². The zero-order valence-corrected chi connectivity index (χ0v) is 13.9. The summed E-state index contributed by atoms with van der Waals surface area (Å²) in [6, 6.07) is 1.41. The fourth-order valence-electron chi connectivity index (χ4n) is 3.10. The maximum atomic E-state index is 3.63. The van der Waals surface area contributed by atoms with Gasteiger partial charge in [-0.1, -0.05) is 27.7 Å². The van der Waals surface area contributed by atoms with Crippen molar-refractivity contribution in [3.05, 3.63) is 0 Å². The van der Waals surface area contributed by atoms with Crippen LogP contribution in [0.3, 0.4) is 0 Å². The monoisotopic (exact) mass is 269 g/mol. The number of hydrogen-bond acceptors (Lipinski definition) is 3. The van der Waals surface area contributed by atoms with Gasteiger partial charge in [-0.15, -0.1) is 0 Å². The Labute approximate surface area is 120 Å². The SMILES string of the molecule is CC(C)CNCC(C(C)C)N(C)CC1CCCN1C. The van der Waals surface area contributed by atoms with Crippen LogP contribution in [0, 0.1) is 11.8 Å². The quantitative estimate of drug-likeness (QED) is 0.729. The van der Waals surface area contributed by atoms with Crippen molar-refractivity contribution in [1.29, 1.82) is 0 Å². The Bertz CT molecular complexity index is 240. The lowest BCUT2D eigenvalue weighted by Gasteiger charge is -2.35. The van der Waals surface area contributed by atoms with Gasteiger partial charge >= 0.3 is 0 Å². The molecule has 0 saturated carbocycles. The minimum Gasteiger partial charge on any atom is -0.315 e. The van der Waals surface area contributed by atoms with Crippen molar-refractivity contribution in [2.45, 2.75) is 52.6 Å². The third-order valence-corrected chi connectivity index (χ3v) is 4.41. The van der Waals surface area contributed by atoms with Crippen molar-refractivity contribution in [2.75, 3.05) is 40.3 Å². The summed E-state index contributed by atoms with van der Waals surface area (Å²) >= 11 is 0. The molecule has 1 aliphatic rings. The van der Waals surface area contributed by atoms with Crippen molar-refractivity contribution in [3.63, 3.8) is 0 Å². The summed E-state index contributed by atoms with van der Waals surface area (Å²) in [6.45, 7) is 14.0. The first-order chi connectivity index (χ1) is 8.91. The topological polar surface area (TPSA) is 18.5 Å². The highest BCUT2D eigenvalue weighted by Gasteiger charge is 2.26. The summed E-state index contributed by atoms with van der Waals surface area (Å²) in [6.07, 6.45) is 2.73. The van der Waals surface area contributed by atoms with Gasteiger partial charge in [0.2, 0.25) is 0 Å². The van der Waals surface area contributed by atoms with Crippen molar-refractivity contribution >= 4 is 0 Å². The zero-order valence-electron chi connectivity index (χ0n) is 13.9. The molecule has 2 unspecified atom stereocenters. The molecule has 0 radical (unpaired) electrons. The van der Waals surface area contributed by atoms with Crippen LogP contribution >= 0.6 is 0 Å². The Kier molecular flexibility index (Phi) is 7.33. The number of hydrogen-bond donors (Lipinski definition) is 1. The number of nitrogens with one attached hydrogen (secondary N) is 1. The third-order valence-electron chi connectivity index (χ3n) is 4.41. The van der Waals surface area contributed by atoms with E-state index < -0.39 is 0 Å². The minimum absolute atomic E-state index is 0.646. The van der Waals surface area contributed by atoms with Crippen LogP contribution < -0.4 is 5.32 Å². The summed E-state index contributed by atoms with van der Waals surface area (Å²) < 4.78 is 0. The maximum absolute atomic E-state index is 3.63. The highest BCUT2D eigenvalue weighted by molar-refractivity contribution is 4.83. The predicted octanol–water partition coefficient (Wildman–Crippen LogP) is 2.28. The molecule has 114 valence electrons. The molecule has 1 fully saturated rings. The van der Waals surface area contributed by atoms with Gasteiger partial charge in [0, 0.05) is 25.2 Å². The first-order valence-electron chi connectivity index (χ1n) is 8.03. The molecule has 3 nitrogen and oxygen atoms in total. The average molecular weight is 269 g/mol. The second-order valence-corrected chi connectivity index (χ2v) is 7.08. The molecule has 0 aromatic rings. The molecule has 1 saturated heterocycles. The molecule has 0 spiro atoms. The minimum atomic E-state index is 0.646. The van der Waals surface area contributed by atoms with Crippen LogP contribution in [-0.4, -0.2) is 62.2 Å². The van der Waals surface area contributed by atoms with Crippen LogP contribution in [0.5, 0.6) is 0 Å². The lowest BCUT2D eigenvalue weighted by Crippen LogP contribution is -2.48. The number of likely N-dealkylation sites (tertiary alicyclic amines) is 1. The molecule has 1 rings (SSSR count). The second kappa shape index (κ2) is 8.23. The zero-order chi connectivity index (χ0) is 14.4. The number of rotatable bonds is 8. The molecule has 0 aliphatic carbocycles. The van der Waals surface area contributed by atoms with Crippen LogP contribution in [0.4, 0.5) is 0 Å². The lowest BCUT2D eigenvalue weighted by atomic mass is 10.0. The first kappa shape index (κ1) is 16.9. The number of nitrogens with zero attached hydrogens (tertiary/aromatic N) is 2. The molecule has 3 heteroatoms. The Balaban J connectivity index is 2.41. The summed E-state index contributed by atoms with van der Waals surface area (Å²) in [5.74, 6) is 1.44. The van der Waals surface area contributed by atoms with E-state index in [0.29, 0.717) is 12.0 Å². The standard InChI is InChI=1S/C16H35N3/c1-13(2)10-17-11-16(14(3)4)19(6)12-15-8-7-9-18(15)5/h13-17H,7-12H2,1-6H3. The largest absolute Gasteiger partial charge is 0.315 e. The molecule has 19 heavy (non-hydrogen) atoms. The molecule has 1 aliphatic heterocycles. The van der Waals surface area contributed by atoms with E-state index in [1.165, 1.54) is 25.9 Å². The smallest absolute Gasteiger partial charge is 0.0241 e. The van der Waals surface area contributed by atoms with Crippen molar-refractivity contribution in [2.24, 2.45) is 11.8 Å². The van der Waals surface area contributed by atoms with Gasteiger partial charge in [0.05, 0.1) is 0 Å². The Morgan fingerprint density at radius 2 is 1.89 bits per heavy atom. The van der Waals surface area contributed by atoms with Gasteiger partial charge in [-0.05, 0) is 51.9 Å². The average Bonchev–Trinajstić information content (AvgIpc) is 2.69. The van der Waals surface area contributed by atoms with E-state index >= 15 is 0 Å². The van der Waals surface area contributed by atoms with Gasteiger partial charge in [0.15, 0.2) is 0 Å². The first-order valence-corrected chi connectivity index (χ1v) is 8.03. The maximum Gasteiger partial charge on any atom is 0.0241 e. The van der Waals surface area contributed by atoms with Crippen LogP contribution in [0.15, 0.2) is 0 Å². The molecule has 1 N–H and O–H groups in total. The van der Waals surface area contributed by atoms with Crippen LogP contribution in [0.2, 0.25) is 0 Å². The molecule has 1 heterocycles. The van der Waals surface area contributed by atoms with Gasteiger partial charge in [0.1, 0.15) is 0 Å². The van der Waals surface area contributed by atoms with E-state index in [2.05, 4.69) is 56.9 Å². The number of likely N-dealkylation sites (N-methyl/N-ethyl adjacent to an activating group) is 2. The van der Waals surface area contributed by atoms with Gasteiger partial charge in [-0.3, -0.25) is 0 Å². The van der Waals surface area contributed by atoms with Crippen LogP contribution in [-0.2, 0) is 0 Å². The van der Waals surface area contributed by atoms with Crippen LogP contribution in [0.25, 0.3) is 0 Å². The molecular weight excluding hydrogens is 234 g/mol. The lowest BCUT2D eigenvalue weighted by molar-refractivity contribution is 0.143. The summed E-state index contributed by atoms with van der Waals surface area (Å²) in [5, 5.41) is 3.63. The predicted molar refractivity (Wildman–Crippen MR) is 84.6 cm³/mol. The normalized spacial score (nSPS) is 22.9.